The molecule has 2 aromatic carbocycles. The standard InChI is InChI=1S/C28H30F2N4O.2C2HF3O2/c1-33(2)27(35)34-20-22(25-17-24(29)9-10-26(25)30)18-28(34,23-7-4-3-5-8-23)13-6-14-32-19-21-11-15-31-16-12-21;2*3-2(4,5)1(6)7/h3-5,7-12,15-18,32H,6,13-14,19-20H2,1-2H3;2*(H,6,7). The van der Waals surface area contributed by atoms with Crippen molar-refractivity contribution >= 4 is 23.5 Å². The van der Waals surface area contributed by atoms with Crippen LogP contribution in [-0.4, -0.2) is 82.5 Å². The maximum absolute atomic E-state index is 14.7. The molecule has 4 rings (SSSR count). The fourth-order valence-electron chi connectivity index (χ4n) is 4.64. The molecular formula is C32H32F8N4O5. The first-order valence-corrected chi connectivity index (χ1v) is 14.2. The minimum Gasteiger partial charge on any atom is -0.475 e. The Bertz CT molecular complexity index is 1560. The molecule has 17 heteroatoms. The van der Waals surface area contributed by atoms with Crippen molar-refractivity contribution in [3.05, 3.63) is 107 Å². The number of pyridine rings is 1. The number of hydrogen-bond donors (Lipinski definition) is 3. The highest BCUT2D eigenvalue weighted by atomic mass is 19.4. The predicted molar refractivity (Wildman–Crippen MR) is 161 cm³/mol. The van der Waals surface area contributed by atoms with Crippen molar-refractivity contribution in [2.75, 3.05) is 27.2 Å². The number of aliphatic carboxylic acids is 2. The highest BCUT2D eigenvalue weighted by Gasteiger charge is 2.45. The number of amides is 2. The Morgan fingerprint density at radius 1 is 0.898 bits per heavy atom. The topological polar surface area (TPSA) is 123 Å². The van der Waals surface area contributed by atoms with Crippen molar-refractivity contribution in [1.82, 2.24) is 20.1 Å². The monoisotopic (exact) mass is 704 g/mol. The van der Waals surface area contributed by atoms with E-state index in [4.69, 9.17) is 19.8 Å². The third-order valence-electron chi connectivity index (χ3n) is 6.86. The first-order chi connectivity index (χ1) is 22.8. The fourth-order valence-corrected chi connectivity index (χ4v) is 4.64. The zero-order valence-electron chi connectivity index (χ0n) is 26.0. The first-order valence-electron chi connectivity index (χ1n) is 14.2. The molecule has 3 N–H and O–H groups in total. The summed E-state index contributed by atoms with van der Waals surface area (Å²) < 4.78 is 92.2. The van der Waals surface area contributed by atoms with E-state index in [0.29, 0.717) is 12.0 Å². The van der Waals surface area contributed by atoms with Gasteiger partial charge in [0.15, 0.2) is 0 Å². The average Bonchev–Trinajstić information content (AvgIpc) is 3.42. The maximum Gasteiger partial charge on any atom is 0.490 e. The molecule has 2 heterocycles. The largest absolute Gasteiger partial charge is 0.490 e. The minimum atomic E-state index is -5.08. The van der Waals surface area contributed by atoms with Crippen molar-refractivity contribution in [3.63, 3.8) is 0 Å². The molecule has 9 nitrogen and oxygen atoms in total. The van der Waals surface area contributed by atoms with E-state index in [0.717, 1.165) is 42.8 Å². The molecular weight excluding hydrogens is 672 g/mol. The zero-order chi connectivity index (χ0) is 37.0. The van der Waals surface area contributed by atoms with Crippen LogP contribution in [0.4, 0.5) is 39.9 Å². The third-order valence-corrected chi connectivity index (χ3v) is 6.86. The fraction of sp³-hybridized carbons (Fsp3) is 0.312. The van der Waals surface area contributed by atoms with Crippen molar-refractivity contribution in [2.24, 2.45) is 0 Å². The quantitative estimate of drug-likeness (QED) is 0.182. The lowest BCUT2D eigenvalue weighted by molar-refractivity contribution is -0.193. The Labute approximate surface area is 275 Å². The third kappa shape index (κ3) is 11.8. The van der Waals surface area contributed by atoms with Crippen LogP contribution >= 0.6 is 0 Å². The number of nitrogens with one attached hydrogen (secondary N) is 1. The van der Waals surface area contributed by atoms with Gasteiger partial charge in [-0.2, -0.15) is 26.3 Å². The lowest BCUT2D eigenvalue weighted by Gasteiger charge is -2.40. The maximum atomic E-state index is 14.7. The average molecular weight is 705 g/mol. The summed E-state index contributed by atoms with van der Waals surface area (Å²) in [6.45, 7) is 1.64. The lowest BCUT2D eigenvalue weighted by Crippen LogP contribution is -2.49. The Morgan fingerprint density at radius 2 is 1.45 bits per heavy atom. The molecule has 49 heavy (non-hydrogen) atoms. The van der Waals surface area contributed by atoms with Gasteiger partial charge >= 0.3 is 30.3 Å². The van der Waals surface area contributed by atoms with Gasteiger partial charge in [-0.15, -0.1) is 0 Å². The van der Waals surface area contributed by atoms with E-state index in [2.05, 4.69) is 10.3 Å². The van der Waals surface area contributed by atoms with Crippen molar-refractivity contribution in [3.8, 4) is 0 Å². The van der Waals surface area contributed by atoms with Crippen molar-refractivity contribution < 1.29 is 59.7 Å². The number of carboxylic acids is 2. The van der Waals surface area contributed by atoms with E-state index < -0.39 is 41.5 Å². The molecule has 3 aromatic rings. The van der Waals surface area contributed by atoms with E-state index in [1.807, 2.05) is 48.5 Å². The van der Waals surface area contributed by atoms with Gasteiger partial charge in [-0.3, -0.25) is 4.98 Å². The number of urea groups is 1. The summed E-state index contributed by atoms with van der Waals surface area (Å²) in [5.41, 5.74) is 2.10. The van der Waals surface area contributed by atoms with Gasteiger partial charge in [0.1, 0.15) is 11.6 Å². The van der Waals surface area contributed by atoms with Gasteiger partial charge in [-0.1, -0.05) is 30.3 Å². The molecule has 1 unspecified atom stereocenters. The number of aromatic nitrogens is 1. The molecule has 266 valence electrons. The Hall–Kier alpha value is -5.06. The Morgan fingerprint density at radius 3 is 1.96 bits per heavy atom. The Kier molecular flexibility index (Phi) is 14.2. The van der Waals surface area contributed by atoms with Crippen LogP contribution in [0.25, 0.3) is 5.57 Å². The lowest BCUT2D eigenvalue weighted by atomic mass is 9.84. The van der Waals surface area contributed by atoms with Gasteiger partial charge in [0, 0.05) is 45.1 Å². The van der Waals surface area contributed by atoms with E-state index in [-0.39, 0.29) is 18.1 Å². The molecule has 1 atom stereocenters. The van der Waals surface area contributed by atoms with E-state index in [1.165, 1.54) is 11.0 Å². The number of carbonyl (C=O) groups is 3. The summed E-state index contributed by atoms with van der Waals surface area (Å²) in [5, 5.41) is 17.7. The molecule has 1 aliphatic heterocycles. The molecule has 0 saturated heterocycles. The van der Waals surface area contributed by atoms with Crippen LogP contribution in [0.2, 0.25) is 0 Å². The second kappa shape index (κ2) is 17.4. The highest BCUT2D eigenvalue weighted by molar-refractivity contribution is 5.83. The van der Waals surface area contributed by atoms with Gasteiger partial charge in [0.05, 0.1) is 5.54 Å². The second-order valence-corrected chi connectivity index (χ2v) is 10.6. The van der Waals surface area contributed by atoms with Crippen LogP contribution in [0.3, 0.4) is 0 Å². The van der Waals surface area contributed by atoms with Gasteiger partial charge in [-0.05, 0) is 72.5 Å². The van der Waals surface area contributed by atoms with E-state index in [1.54, 1.807) is 31.4 Å². The molecule has 0 radical (unpaired) electrons. The molecule has 0 fully saturated rings. The highest BCUT2D eigenvalue weighted by Crippen LogP contribution is 2.44. The van der Waals surface area contributed by atoms with Crippen LogP contribution in [0, 0.1) is 11.6 Å². The summed E-state index contributed by atoms with van der Waals surface area (Å²) in [7, 11) is 3.41. The first kappa shape index (κ1) is 40.1. The van der Waals surface area contributed by atoms with Gasteiger partial charge in [0.2, 0.25) is 0 Å². The molecule has 1 aliphatic rings. The number of benzene rings is 2. The zero-order valence-corrected chi connectivity index (χ0v) is 26.0. The minimum absolute atomic E-state index is 0.179. The van der Waals surface area contributed by atoms with Crippen LogP contribution in [-0.2, 0) is 21.7 Å². The normalized spacial score (nSPS) is 15.6. The van der Waals surface area contributed by atoms with Gasteiger partial charge < -0.3 is 25.3 Å². The number of nitrogens with zero attached hydrogens (tertiary/aromatic N) is 3. The number of carboxylic acid groups (broad SMARTS) is 2. The molecule has 0 saturated carbocycles. The summed E-state index contributed by atoms with van der Waals surface area (Å²) >= 11 is 0. The number of alkyl halides is 6. The summed E-state index contributed by atoms with van der Waals surface area (Å²) in [5.74, 6) is -6.52. The van der Waals surface area contributed by atoms with E-state index >= 15 is 0 Å². The van der Waals surface area contributed by atoms with E-state index in [9.17, 15) is 39.9 Å². The van der Waals surface area contributed by atoms with Crippen molar-refractivity contribution in [1.29, 1.82) is 0 Å². The number of rotatable bonds is 8. The summed E-state index contributed by atoms with van der Waals surface area (Å²) in [6.07, 6.45) is -3.29. The van der Waals surface area contributed by atoms with Crippen LogP contribution in [0.5, 0.6) is 0 Å². The van der Waals surface area contributed by atoms with Crippen LogP contribution in [0.15, 0.2) is 79.1 Å². The predicted octanol–water partition coefficient (Wildman–Crippen LogP) is 6.47. The molecule has 0 bridgehead atoms. The van der Waals surface area contributed by atoms with Crippen LogP contribution < -0.4 is 5.32 Å². The van der Waals surface area contributed by atoms with Gasteiger partial charge in [0.25, 0.3) is 0 Å². The SMILES string of the molecule is CN(C)C(=O)N1CC(c2cc(F)ccc2F)=CC1(CCCNCc1ccncc1)c1ccccc1.O=C(O)C(F)(F)F.O=C(O)C(F)(F)F. The second-order valence-electron chi connectivity index (χ2n) is 10.6. The molecule has 2 amide bonds. The summed E-state index contributed by atoms with van der Waals surface area (Å²) in [6, 6.07) is 17.0. The molecule has 0 spiro atoms. The van der Waals surface area contributed by atoms with Crippen molar-refractivity contribution in [2.45, 2.75) is 37.3 Å². The van der Waals surface area contributed by atoms with Gasteiger partial charge in [-0.25, -0.2) is 23.2 Å². The smallest absolute Gasteiger partial charge is 0.475 e. The van der Waals surface area contributed by atoms with Crippen LogP contribution in [0.1, 0.15) is 29.5 Å². The molecule has 1 aromatic heterocycles. The number of halogens is 8. The number of hydrogen-bond acceptors (Lipinski definition) is 5. The molecule has 0 aliphatic carbocycles. The summed E-state index contributed by atoms with van der Waals surface area (Å²) in [4.78, 5) is 38.5. The number of carbonyl (C=O) groups excluding carboxylic acids is 1. The Balaban J connectivity index is 0.000000500.